The Morgan fingerprint density at radius 1 is 1.09 bits per heavy atom. The van der Waals surface area contributed by atoms with E-state index in [1.54, 1.807) is 14.0 Å². The Bertz CT molecular complexity index is 417. The van der Waals surface area contributed by atoms with Crippen LogP contribution in [-0.2, 0) is 19.2 Å². The normalized spacial score (nSPS) is 12.9. The highest BCUT2D eigenvalue weighted by molar-refractivity contribution is 7.99. The number of carbonyl (C=O) groups is 4. The van der Waals surface area contributed by atoms with Gasteiger partial charge in [-0.15, -0.1) is 11.8 Å². The molecule has 0 aromatic rings. The van der Waals surface area contributed by atoms with Crippen LogP contribution in [0, 0.1) is 0 Å². The van der Waals surface area contributed by atoms with Crippen molar-refractivity contribution in [3.63, 3.8) is 0 Å². The monoisotopic (exact) mass is 332 g/mol. The summed E-state index contributed by atoms with van der Waals surface area (Å²) in [5, 5.41) is 10.4. The van der Waals surface area contributed by atoms with Gasteiger partial charge in [-0.1, -0.05) is 0 Å². The van der Waals surface area contributed by atoms with Crippen LogP contribution in [-0.4, -0.2) is 60.8 Å². The summed E-state index contributed by atoms with van der Waals surface area (Å²) in [6.07, 6.45) is 0. The molecule has 126 valence electrons. The van der Waals surface area contributed by atoms with Crippen molar-refractivity contribution in [2.24, 2.45) is 0 Å². The molecule has 9 heteroatoms. The van der Waals surface area contributed by atoms with Crippen LogP contribution in [0.25, 0.3) is 0 Å². The number of amides is 3. The van der Waals surface area contributed by atoms with Crippen molar-refractivity contribution in [3.8, 4) is 0 Å². The second-order valence-electron chi connectivity index (χ2n) is 4.71. The van der Waals surface area contributed by atoms with Gasteiger partial charge in [0.05, 0.1) is 24.5 Å². The third-order valence-electron chi connectivity index (χ3n) is 2.78. The molecule has 3 amide bonds. The Morgan fingerprint density at radius 2 is 1.73 bits per heavy atom. The highest BCUT2D eigenvalue weighted by Crippen LogP contribution is 2.01. The third-order valence-corrected chi connectivity index (χ3v) is 3.70. The second kappa shape index (κ2) is 11.0. The second-order valence-corrected chi connectivity index (χ2v) is 5.74. The zero-order valence-electron chi connectivity index (χ0n) is 13.3. The van der Waals surface area contributed by atoms with Crippen molar-refractivity contribution in [1.29, 1.82) is 0 Å². The van der Waals surface area contributed by atoms with Gasteiger partial charge in [-0.25, -0.2) is 0 Å². The van der Waals surface area contributed by atoms with Crippen molar-refractivity contribution < 1.29 is 19.2 Å². The summed E-state index contributed by atoms with van der Waals surface area (Å²) in [5.74, 6) is -0.150. The molecule has 4 N–H and O–H groups in total. The maximum atomic E-state index is 11.9. The van der Waals surface area contributed by atoms with Gasteiger partial charge in [0, 0.05) is 12.7 Å². The molecule has 0 heterocycles. The Labute approximate surface area is 134 Å². The van der Waals surface area contributed by atoms with E-state index in [1.165, 1.54) is 25.6 Å². The van der Waals surface area contributed by atoms with Crippen molar-refractivity contribution in [2.75, 3.05) is 25.2 Å². The summed E-state index contributed by atoms with van der Waals surface area (Å²) in [5.41, 5.74) is 0. The van der Waals surface area contributed by atoms with Crippen molar-refractivity contribution in [3.05, 3.63) is 0 Å². The van der Waals surface area contributed by atoms with Gasteiger partial charge in [0.25, 0.3) is 0 Å². The van der Waals surface area contributed by atoms with Gasteiger partial charge in [-0.2, -0.15) is 0 Å². The summed E-state index contributed by atoms with van der Waals surface area (Å²) in [6.45, 7) is 4.19. The van der Waals surface area contributed by atoms with Crippen LogP contribution in [0.4, 0.5) is 0 Å². The average molecular weight is 332 g/mol. The minimum atomic E-state index is -0.572. The number of thioether (sulfide) groups is 1. The van der Waals surface area contributed by atoms with Crippen LogP contribution in [0.5, 0.6) is 0 Å². The molecule has 0 saturated heterocycles. The van der Waals surface area contributed by atoms with Crippen LogP contribution in [0.1, 0.15) is 20.8 Å². The lowest BCUT2D eigenvalue weighted by Gasteiger charge is -2.16. The van der Waals surface area contributed by atoms with Crippen molar-refractivity contribution in [2.45, 2.75) is 32.9 Å². The molecule has 0 aromatic heterocycles. The molecule has 0 radical (unpaired) electrons. The Balaban J connectivity index is 4.07. The smallest absolute Gasteiger partial charge is 0.239 e. The number of nitrogens with one attached hydrogen (secondary N) is 4. The average Bonchev–Trinajstić information content (AvgIpc) is 2.44. The van der Waals surface area contributed by atoms with Gasteiger partial charge >= 0.3 is 0 Å². The Kier molecular flexibility index (Phi) is 10.2. The summed E-state index contributed by atoms with van der Waals surface area (Å²) in [7, 11) is 1.64. The Morgan fingerprint density at radius 3 is 2.23 bits per heavy atom. The zero-order chi connectivity index (χ0) is 17.1. The molecule has 0 saturated carbocycles. The van der Waals surface area contributed by atoms with Crippen LogP contribution < -0.4 is 21.3 Å². The molecule has 0 aromatic carbocycles. The summed E-state index contributed by atoms with van der Waals surface area (Å²) in [6, 6.07) is -1.05. The molecule has 0 aliphatic heterocycles. The lowest BCUT2D eigenvalue weighted by Crippen LogP contribution is -2.49. The highest BCUT2D eigenvalue weighted by Gasteiger charge is 2.18. The summed E-state index contributed by atoms with van der Waals surface area (Å²) >= 11 is 1.39. The van der Waals surface area contributed by atoms with Gasteiger partial charge < -0.3 is 21.3 Å². The van der Waals surface area contributed by atoms with Crippen molar-refractivity contribution >= 4 is 35.3 Å². The first-order valence-electron chi connectivity index (χ1n) is 6.84. The molecule has 0 aliphatic rings. The molecule has 2 unspecified atom stereocenters. The Hall–Kier alpha value is -1.61. The topological polar surface area (TPSA) is 116 Å². The lowest BCUT2D eigenvalue weighted by atomic mass is 10.2. The minimum Gasteiger partial charge on any atom is -0.347 e. The minimum absolute atomic E-state index is 0.130. The molecule has 0 spiro atoms. The van der Waals surface area contributed by atoms with Crippen molar-refractivity contribution in [1.82, 2.24) is 21.3 Å². The number of Topliss-reactive ketones (excluding diaryl/α,β-unsaturated/α-hetero) is 1. The summed E-state index contributed by atoms with van der Waals surface area (Å²) in [4.78, 5) is 45.2. The standard InChI is InChI=1S/C13H24N4O4S/c1-8(9(2)18)17-12(20)5-15-13(21)11(14-4)6-22-7-16-10(3)19/h8,11,14H,5-7H2,1-4H3,(H,15,21)(H,16,19)(H,17,20). The van der Waals surface area contributed by atoms with E-state index in [9.17, 15) is 19.2 Å². The number of hydrogen-bond acceptors (Lipinski definition) is 6. The zero-order valence-corrected chi connectivity index (χ0v) is 14.1. The van der Waals surface area contributed by atoms with Crippen LogP contribution in [0.15, 0.2) is 0 Å². The van der Waals surface area contributed by atoms with Gasteiger partial charge in [-0.05, 0) is 20.9 Å². The molecule has 22 heavy (non-hydrogen) atoms. The maximum Gasteiger partial charge on any atom is 0.239 e. The molecule has 0 rings (SSSR count). The number of carbonyl (C=O) groups excluding carboxylic acids is 4. The third kappa shape index (κ3) is 9.35. The molecule has 8 nitrogen and oxygen atoms in total. The number of rotatable bonds is 10. The highest BCUT2D eigenvalue weighted by atomic mass is 32.2. The first kappa shape index (κ1) is 20.4. The van der Waals surface area contributed by atoms with Gasteiger partial charge in [0.2, 0.25) is 17.7 Å². The van der Waals surface area contributed by atoms with Crippen LogP contribution in [0.3, 0.4) is 0 Å². The predicted molar refractivity (Wildman–Crippen MR) is 85.3 cm³/mol. The molecule has 2 atom stereocenters. The van der Waals surface area contributed by atoms with E-state index in [0.717, 1.165) is 0 Å². The largest absolute Gasteiger partial charge is 0.347 e. The first-order chi connectivity index (χ1) is 10.3. The molecular formula is C13H24N4O4S. The molecular weight excluding hydrogens is 308 g/mol. The number of hydrogen-bond donors (Lipinski definition) is 4. The fourth-order valence-corrected chi connectivity index (χ4v) is 2.28. The van der Waals surface area contributed by atoms with Gasteiger partial charge in [0.15, 0.2) is 5.78 Å². The number of ketones is 1. The van der Waals surface area contributed by atoms with E-state index in [4.69, 9.17) is 0 Å². The van der Waals surface area contributed by atoms with E-state index >= 15 is 0 Å². The molecule has 0 bridgehead atoms. The molecule has 0 aliphatic carbocycles. The van der Waals surface area contributed by atoms with Gasteiger partial charge in [-0.3, -0.25) is 19.2 Å². The maximum absolute atomic E-state index is 11.9. The lowest BCUT2D eigenvalue weighted by molar-refractivity contribution is -0.128. The van der Waals surface area contributed by atoms with Crippen LogP contribution in [0.2, 0.25) is 0 Å². The van der Waals surface area contributed by atoms with E-state index in [0.29, 0.717) is 11.6 Å². The van der Waals surface area contributed by atoms with E-state index in [1.807, 2.05) is 0 Å². The van der Waals surface area contributed by atoms with Crippen LogP contribution >= 0.6 is 11.8 Å². The van der Waals surface area contributed by atoms with Gasteiger partial charge in [0.1, 0.15) is 0 Å². The summed E-state index contributed by atoms with van der Waals surface area (Å²) < 4.78 is 0. The SMILES string of the molecule is CNC(CSCNC(C)=O)C(=O)NCC(=O)NC(C)C(C)=O. The van der Waals surface area contributed by atoms with E-state index < -0.39 is 18.0 Å². The quantitative estimate of drug-likeness (QED) is 0.289. The predicted octanol–water partition coefficient (Wildman–Crippen LogP) is -1.39. The van der Waals surface area contributed by atoms with E-state index in [2.05, 4.69) is 21.3 Å². The fraction of sp³-hybridized carbons (Fsp3) is 0.692. The first-order valence-corrected chi connectivity index (χ1v) is 8.00. The van der Waals surface area contributed by atoms with E-state index in [-0.39, 0.29) is 24.1 Å². The molecule has 0 fully saturated rings. The number of likely N-dealkylation sites (N-methyl/N-ethyl adjacent to an activating group) is 1. The fourth-order valence-electron chi connectivity index (χ4n) is 1.30.